The number of oxime groups is 1. The number of phenols is 1. The van der Waals surface area contributed by atoms with Gasteiger partial charge in [0.15, 0.2) is 28.1 Å². The van der Waals surface area contributed by atoms with Crippen molar-refractivity contribution in [3.05, 3.63) is 75.7 Å². The lowest BCUT2D eigenvalue weighted by Gasteiger charge is -2.38. The van der Waals surface area contributed by atoms with E-state index >= 15 is 0 Å². The van der Waals surface area contributed by atoms with E-state index in [1.54, 1.807) is 52.8 Å². The lowest BCUT2D eigenvalue weighted by molar-refractivity contribution is -0.160. The van der Waals surface area contributed by atoms with Gasteiger partial charge in [0.25, 0.3) is 11.7 Å². The summed E-state index contributed by atoms with van der Waals surface area (Å²) in [5.41, 5.74) is 0.942. The number of benzene rings is 3. The SMILES string of the molecule is CO[C@H]1/C=C/O[C@@]2(C)Oc3c(C)c(=O)c4c(O)c(c5oc6cc(N7CCN(CC(C)C)CC7)ccc6nc5c4c3/C2=N/O)NC(=O)/C(C)=C\C=C\[C@H](C)[C@H](O)[C@@H](C)[C@@H](O)[C@@H](C)[C@H](OC(C)=O)[C@@H]1C. The number of aliphatic hydroxyl groups excluding tert-OH is 2. The van der Waals surface area contributed by atoms with Crippen LogP contribution < -0.4 is 20.4 Å². The molecule has 4 bridgehead atoms. The van der Waals surface area contributed by atoms with E-state index in [0.29, 0.717) is 17.0 Å². The number of ether oxygens (including phenoxy) is 4. The average molecular weight is 940 g/mol. The van der Waals surface area contributed by atoms with Crippen LogP contribution in [0.1, 0.15) is 73.4 Å². The highest BCUT2D eigenvalue weighted by molar-refractivity contribution is 6.27. The predicted molar refractivity (Wildman–Crippen MR) is 259 cm³/mol. The number of nitrogens with zero attached hydrogens (tertiary/aromatic N) is 4. The Balaban J connectivity index is 1.43. The molecule has 4 aromatic rings. The van der Waals surface area contributed by atoms with Gasteiger partial charge in [-0.25, -0.2) is 4.98 Å². The van der Waals surface area contributed by atoms with Gasteiger partial charge in [0.2, 0.25) is 0 Å². The monoisotopic (exact) mass is 939 g/mol. The number of phenolic OH excluding ortho intramolecular Hbond substituents is 1. The summed E-state index contributed by atoms with van der Waals surface area (Å²) in [7, 11) is 1.46. The molecule has 3 aliphatic rings. The van der Waals surface area contributed by atoms with E-state index in [-0.39, 0.29) is 55.7 Å². The number of amides is 1. The summed E-state index contributed by atoms with van der Waals surface area (Å²) in [6, 6.07) is 5.62. The normalized spacial score (nSPS) is 30.1. The highest BCUT2D eigenvalue weighted by Crippen LogP contribution is 2.49. The Bertz CT molecular complexity index is 2770. The van der Waals surface area contributed by atoms with E-state index in [9.17, 15) is 34.9 Å². The zero-order valence-corrected chi connectivity index (χ0v) is 40.7. The number of allylic oxidation sites excluding steroid dienone is 2. The molecule has 17 heteroatoms. The summed E-state index contributed by atoms with van der Waals surface area (Å²) in [5, 5.41) is 52.5. The number of nitrogens with one attached hydrogen (secondary N) is 1. The highest BCUT2D eigenvalue weighted by atomic mass is 16.7. The van der Waals surface area contributed by atoms with E-state index in [4.69, 9.17) is 28.3 Å². The third-order valence-corrected chi connectivity index (χ3v) is 13.8. The minimum atomic E-state index is -1.89. The Hall–Kier alpha value is -6.01. The molecule has 68 heavy (non-hydrogen) atoms. The molecule has 17 nitrogen and oxygen atoms in total. The van der Waals surface area contributed by atoms with Gasteiger partial charge in [0.05, 0.1) is 35.5 Å². The van der Waals surface area contributed by atoms with Gasteiger partial charge in [0.1, 0.15) is 28.6 Å². The van der Waals surface area contributed by atoms with E-state index in [0.717, 1.165) is 38.4 Å². The standard InChI is InChI=1S/C51H65N5O12/c1-25(2)24-55-18-20-56(21-19-55)33-15-16-34-36(23-33)67-48-40(52-34)37-38-44(60)31(8)47-39(37)49(54-63)51(10,68-47)65-22-17-35(64-11)28(5)46(66-32(9)57)30(7)43(59)29(6)42(58)26(3)13-12-14-27(4)50(62)53-41(48)45(38)61/h12-17,22-23,25-26,28-30,35,42-43,46,58-59,61,63H,18-21,24H2,1-11H3,(H,53,62)/b13-12+,22-17+,27-14-,54-49-/t26-,28+,29+,30+,35-,42-,43+,46+,51-/m0/s1. The number of fused-ring (bicyclic) bond motifs is 2. The zero-order chi connectivity index (χ0) is 49.5. The third-order valence-electron chi connectivity index (χ3n) is 13.8. The molecule has 1 saturated heterocycles. The topological polar surface area (TPSA) is 226 Å². The van der Waals surface area contributed by atoms with Crippen LogP contribution in [0.25, 0.3) is 33.0 Å². The van der Waals surface area contributed by atoms with E-state index < -0.39 is 76.9 Å². The molecule has 0 aliphatic carbocycles. The molecule has 366 valence electrons. The van der Waals surface area contributed by atoms with E-state index in [2.05, 4.69) is 34.1 Å². The maximum Gasteiger partial charge on any atom is 0.302 e. The number of methoxy groups -OCH3 is 1. The number of carbonyl (C=O) groups excluding carboxylic acids is 2. The van der Waals surface area contributed by atoms with Crippen molar-refractivity contribution in [1.29, 1.82) is 0 Å². The molecule has 5 N–H and O–H groups in total. The molecule has 1 amide bonds. The number of esters is 1. The molecule has 7 rings (SSSR count). The van der Waals surface area contributed by atoms with Crippen LogP contribution in [0.3, 0.4) is 0 Å². The molecule has 0 spiro atoms. The second-order valence-corrected chi connectivity index (χ2v) is 19.2. The number of carbonyl (C=O) groups is 2. The first kappa shape index (κ1) is 49.9. The second-order valence-electron chi connectivity index (χ2n) is 19.2. The minimum absolute atomic E-state index is 0.00792. The van der Waals surface area contributed by atoms with E-state index in [1.807, 2.05) is 18.2 Å². The van der Waals surface area contributed by atoms with Gasteiger partial charge in [-0.15, -0.1) is 0 Å². The molecule has 1 fully saturated rings. The summed E-state index contributed by atoms with van der Waals surface area (Å²) in [6.45, 7) is 21.6. The minimum Gasteiger partial charge on any atom is -0.505 e. The second kappa shape index (κ2) is 19.9. The Morgan fingerprint density at radius 1 is 1.01 bits per heavy atom. The van der Waals surface area contributed by atoms with Crippen molar-refractivity contribution in [2.75, 3.05) is 50.1 Å². The number of rotatable bonds is 5. The van der Waals surface area contributed by atoms with Crippen molar-refractivity contribution < 1.29 is 53.5 Å². The van der Waals surface area contributed by atoms with Crippen molar-refractivity contribution >= 4 is 61.9 Å². The van der Waals surface area contributed by atoms with Crippen LogP contribution in [-0.4, -0.2) is 118 Å². The maximum absolute atomic E-state index is 14.5. The Labute approximate surface area is 395 Å². The Morgan fingerprint density at radius 2 is 1.72 bits per heavy atom. The number of hydrogen-bond donors (Lipinski definition) is 5. The van der Waals surface area contributed by atoms with Gasteiger partial charge in [-0.05, 0) is 38.0 Å². The summed E-state index contributed by atoms with van der Waals surface area (Å²) in [6.07, 6.45) is 3.81. The molecule has 3 aromatic carbocycles. The first-order valence-corrected chi connectivity index (χ1v) is 23.3. The number of anilines is 2. The molecule has 3 aliphatic heterocycles. The number of hydrogen-bond acceptors (Lipinski definition) is 16. The Morgan fingerprint density at radius 3 is 2.37 bits per heavy atom. The summed E-state index contributed by atoms with van der Waals surface area (Å²) >= 11 is 0. The smallest absolute Gasteiger partial charge is 0.302 e. The zero-order valence-electron chi connectivity index (χ0n) is 40.7. The molecule has 4 heterocycles. The van der Waals surface area contributed by atoms with Crippen LogP contribution in [0.5, 0.6) is 11.5 Å². The van der Waals surface area contributed by atoms with Gasteiger partial charge in [-0.1, -0.05) is 64.9 Å². The van der Waals surface area contributed by atoms with Crippen molar-refractivity contribution in [2.45, 2.75) is 99.4 Å². The van der Waals surface area contributed by atoms with E-state index in [1.165, 1.54) is 40.2 Å². The lowest BCUT2D eigenvalue weighted by atomic mass is 9.78. The third kappa shape index (κ3) is 9.40. The number of aliphatic hydroxyl groups is 2. The molecule has 9 atom stereocenters. The lowest BCUT2D eigenvalue weighted by Crippen LogP contribution is -2.47. The first-order chi connectivity index (χ1) is 32.2. The molecule has 0 radical (unpaired) electrons. The highest BCUT2D eigenvalue weighted by Gasteiger charge is 2.48. The summed E-state index contributed by atoms with van der Waals surface area (Å²) < 4.78 is 31.0. The molecule has 0 saturated carbocycles. The van der Waals surface area contributed by atoms with Gasteiger partial charge < -0.3 is 54.1 Å². The van der Waals surface area contributed by atoms with Crippen LogP contribution in [-0.2, 0) is 23.8 Å². The van der Waals surface area contributed by atoms with Crippen LogP contribution in [0.4, 0.5) is 11.4 Å². The average Bonchev–Trinajstić information content (AvgIpc) is 3.61. The van der Waals surface area contributed by atoms with Crippen molar-refractivity contribution in [2.24, 2.45) is 34.7 Å². The van der Waals surface area contributed by atoms with Gasteiger partial charge >= 0.3 is 5.97 Å². The number of aromatic hydroxyl groups is 1. The summed E-state index contributed by atoms with van der Waals surface area (Å²) in [4.78, 5) is 50.8. The maximum atomic E-state index is 14.5. The predicted octanol–water partition coefficient (Wildman–Crippen LogP) is 6.77. The quantitative estimate of drug-likeness (QED) is 0.0348. The van der Waals surface area contributed by atoms with Gasteiger partial charge in [-0.3, -0.25) is 19.3 Å². The van der Waals surface area contributed by atoms with Gasteiger partial charge in [-0.2, -0.15) is 0 Å². The fraction of sp³-hybridized carbons (Fsp3) is 0.510. The number of piperazine rings is 1. The van der Waals surface area contributed by atoms with Crippen LogP contribution >= 0.6 is 0 Å². The van der Waals surface area contributed by atoms with Gasteiger partial charge in [0, 0.05) is 106 Å². The largest absolute Gasteiger partial charge is 0.505 e. The fourth-order valence-electron chi connectivity index (χ4n) is 9.85. The molecular weight excluding hydrogens is 875 g/mol. The first-order valence-electron chi connectivity index (χ1n) is 23.3. The molecule has 0 unspecified atom stereocenters. The molecular formula is C51H65N5O12. The summed E-state index contributed by atoms with van der Waals surface area (Å²) in [5.74, 6) is -5.63. The van der Waals surface area contributed by atoms with Crippen LogP contribution in [0.2, 0.25) is 0 Å². The fourth-order valence-corrected chi connectivity index (χ4v) is 9.85. The van der Waals surface area contributed by atoms with Crippen molar-refractivity contribution in [1.82, 2.24) is 9.88 Å². The van der Waals surface area contributed by atoms with Crippen molar-refractivity contribution in [3.8, 4) is 11.5 Å². The number of aromatic nitrogens is 1. The van der Waals surface area contributed by atoms with Crippen LogP contribution in [0, 0.1) is 36.5 Å². The van der Waals surface area contributed by atoms with Crippen LogP contribution in [0.15, 0.2) is 68.7 Å². The molecule has 1 aromatic heterocycles. The Kier molecular flexibility index (Phi) is 14.6. The van der Waals surface area contributed by atoms with Crippen molar-refractivity contribution in [3.63, 3.8) is 0 Å².